The molecule has 0 bridgehead atoms. The molecule has 5 heteroatoms. The van der Waals surface area contributed by atoms with Crippen molar-refractivity contribution in [1.29, 1.82) is 0 Å². The van der Waals surface area contributed by atoms with Gasteiger partial charge in [0.15, 0.2) is 0 Å². The van der Waals surface area contributed by atoms with E-state index in [2.05, 4.69) is 67.4 Å². The average molecular weight is 449 g/mol. The number of methoxy groups -OCH3 is 1. The molecule has 1 heterocycles. The molecule has 2 aromatic carbocycles. The normalized spacial score (nSPS) is 16.6. The Kier molecular flexibility index (Phi) is 7.39. The van der Waals surface area contributed by atoms with E-state index >= 15 is 0 Å². The van der Waals surface area contributed by atoms with E-state index in [1.54, 1.807) is 7.11 Å². The van der Waals surface area contributed by atoms with Gasteiger partial charge in [-0.1, -0.05) is 37.6 Å². The van der Waals surface area contributed by atoms with Gasteiger partial charge in [-0.3, -0.25) is 9.69 Å². The fraction of sp³-hybridized carbons (Fsp3) is 0.464. The van der Waals surface area contributed by atoms with Gasteiger partial charge >= 0.3 is 0 Å². The molecule has 2 aromatic rings. The molecule has 0 unspecified atom stereocenters. The number of ether oxygens (including phenoxy) is 2. The summed E-state index contributed by atoms with van der Waals surface area (Å²) < 4.78 is 11.8. The number of aryl methyl sites for hydroxylation is 1. The first kappa shape index (κ1) is 23.4. The number of carbonyl (C=O) groups is 1. The van der Waals surface area contributed by atoms with Crippen LogP contribution in [0.4, 0.5) is 0 Å². The van der Waals surface area contributed by atoms with Gasteiger partial charge in [-0.15, -0.1) is 0 Å². The van der Waals surface area contributed by atoms with Crippen LogP contribution in [-0.2, 0) is 24.2 Å². The van der Waals surface area contributed by atoms with Crippen LogP contribution in [0.15, 0.2) is 42.0 Å². The second-order valence-electron chi connectivity index (χ2n) is 9.64. The van der Waals surface area contributed by atoms with Crippen molar-refractivity contribution >= 4 is 11.5 Å². The monoisotopic (exact) mass is 448 g/mol. The van der Waals surface area contributed by atoms with Crippen molar-refractivity contribution < 1.29 is 14.3 Å². The Balaban J connectivity index is 1.43. The molecule has 0 saturated carbocycles. The molecule has 2 aliphatic rings. The highest BCUT2D eigenvalue weighted by molar-refractivity contribution is 5.79. The smallest absolute Gasteiger partial charge is 0.234 e. The third-order valence-corrected chi connectivity index (χ3v) is 6.63. The molecule has 1 fully saturated rings. The lowest BCUT2D eigenvalue weighted by atomic mass is 9.86. The molecule has 1 saturated heterocycles. The van der Waals surface area contributed by atoms with Crippen LogP contribution in [0, 0.1) is 5.92 Å². The number of piperazine rings is 1. The van der Waals surface area contributed by atoms with Crippen LogP contribution in [0.3, 0.4) is 0 Å². The SMILES string of the molecule is COc1cc(CC(C)C)ccc1COc1ccc2c(c1)CCC(CN1CCNC(=O)C1)=C2C. The summed E-state index contributed by atoms with van der Waals surface area (Å²) in [7, 11) is 1.72. The maximum Gasteiger partial charge on any atom is 0.234 e. The summed E-state index contributed by atoms with van der Waals surface area (Å²) in [5.41, 5.74) is 7.78. The first-order valence-electron chi connectivity index (χ1n) is 12.0. The van der Waals surface area contributed by atoms with Crippen molar-refractivity contribution in [3.05, 3.63) is 64.2 Å². The molecule has 1 aliphatic heterocycles. The molecule has 0 aromatic heterocycles. The highest BCUT2D eigenvalue weighted by Crippen LogP contribution is 2.34. The van der Waals surface area contributed by atoms with Gasteiger partial charge in [-0.05, 0) is 72.6 Å². The number of nitrogens with zero attached hydrogens (tertiary/aromatic N) is 1. The van der Waals surface area contributed by atoms with Crippen molar-refractivity contribution in [2.75, 3.05) is 33.3 Å². The molecule has 4 rings (SSSR count). The Bertz CT molecular complexity index is 1040. The fourth-order valence-electron chi connectivity index (χ4n) is 4.86. The van der Waals surface area contributed by atoms with E-state index in [0.717, 1.165) is 56.0 Å². The number of amides is 1. The second-order valence-corrected chi connectivity index (χ2v) is 9.64. The summed E-state index contributed by atoms with van der Waals surface area (Å²) in [6.45, 7) is 10.2. The third-order valence-electron chi connectivity index (χ3n) is 6.63. The third kappa shape index (κ3) is 5.77. The molecule has 1 aliphatic carbocycles. The van der Waals surface area contributed by atoms with Gasteiger partial charge in [-0.2, -0.15) is 0 Å². The highest BCUT2D eigenvalue weighted by atomic mass is 16.5. The molecule has 1 amide bonds. The number of benzene rings is 2. The average Bonchev–Trinajstić information content (AvgIpc) is 2.79. The van der Waals surface area contributed by atoms with Crippen LogP contribution >= 0.6 is 0 Å². The quantitative estimate of drug-likeness (QED) is 0.640. The van der Waals surface area contributed by atoms with Crippen molar-refractivity contribution in [2.24, 2.45) is 5.92 Å². The summed E-state index contributed by atoms with van der Waals surface area (Å²) in [4.78, 5) is 14.0. The van der Waals surface area contributed by atoms with Crippen LogP contribution < -0.4 is 14.8 Å². The maximum atomic E-state index is 11.7. The van der Waals surface area contributed by atoms with Crippen LogP contribution in [0.25, 0.3) is 5.57 Å². The van der Waals surface area contributed by atoms with E-state index in [4.69, 9.17) is 9.47 Å². The summed E-state index contributed by atoms with van der Waals surface area (Å²) in [5.74, 6) is 2.53. The predicted octanol–water partition coefficient (Wildman–Crippen LogP) is 4.62. The minimum atomic E-state index is 0.128. The zero-order valence-electron chi connectivity index (χ0n) is 20.4. The Morgan fingerprint density at radius 2 is 1.97 bits per heavy atom. The van der Waals surface area contributed by atoms with E-state index in [1.807, 2.05) is 0 Å². The zero-order chi connectivity index (χ0) is 23.4. The molecular formula is C28H36N2O3. The van der Waals surface area contributed by atoms with E-state index in [1.165, 1.54) is 27.8 Å². The van der Waals surface area contributed by atoms with E-state index in [0.29, 0.717) is 19.1 Å². The lowest BCUT2D eigenvalue weighted by Gasteiger charge is -2.30. The van der Waals surface area contributed by atoms with Gasteiger partial charge in [0.25, 0.3) is 0 Å². The number of hydrogen-bond acceptors (Lipinski definition) is 4. The molecule has 5 nitrogen and oxygen atoms in total. The van der Waals surface area contributed by atoms with Crippen molar-refractivity contribution in [1.82, 2.24) is 10.2 Å². The first-order valence-corrected chi connectivity index (χ1v) is 12.0. The molecule has 33 heavy (non-hydrogen) atoms. The number of carbonyl (C=O) groups excluding carboxylic acids is 1. The first-order chi connectivity index (χ1) is 15.9. The van der Waals surface area contributed by atoms with Gasteiger partial charge in [-0.25, -0.2) is 0 Å². The minimum Gasteiger partial charge on any atom is -0.496 e. The summed E-state index contributed by atoms with van der Waals surface area (Å²) in [6, 6.07) is 12.9. The largest absolute Gasteiger partial charge is 0.496 e. The minimum absolute atomic E-state index is 0.128. The van der Waals surface area contributed by atoms with Gasteiger partial charge in [0.05, 0.1) is 13.7 Å². The molecule has 176 valence electrons. The van der Waals surface area contributed by atoms with Crippen LogP contribution in [0.2, 0.25) is 0 Å². The number of allylic oxidation sites excluding steroid dienone is 1. The standard InChI is InChI=1S/C28H36N2O3/c1-19(2)13-21-5-6-24(27(14-21)32-4)18-33-25-9-10-26-20(3)23(8-7-22(26)15-25)16-30-12-11-29-28(31)17-30/h5-6,9-10,14-15,19H,7-8,11-13,16-18H2,1-4H3,(H,29,31). The Morgan fingerprint density at radius 1 is 1.12 bits per heavy atom. The van der Waals surface area contributed by atoms with Crippen LogP contribution in [0.5, 0.6) is 11.5 Å². The van der Waals surface area contributed by atoms with Gasteiger partial charge in [0, 0.05) is 25.2 Å². The van der Waals surface area contributed by atoms with Gasteiger partial charge in [0.2, 0.25) is 5.91 Å². The van der Waals surface area contributed by atoms with E-state index in [-0.39, 0.29) is 5.91 Å². The van der Waals surface area contributed by atoms with Crippen molar-refractivity contribution in [3.8, 4) is 11.5 Å². The maximum absolute atomic E-state index is 11.7. The molecule has 0 radical (unpaired) electrons. The second kappa shape index (κ2) is 10.4. The molecule has 1 N–H and O–H groups in total. The van der Waals surface area contributed by atoms with Crippen molar-refractivity contribution in [2.45, 2.75) is 46.6 Å². The topological polar surface area (TPSA) is 50.8 Å². The molecule has 0 spiro atoms. The zero-order valence-corrected chi connectivity index (χ0v) is 20.4. The summed E-state index contributed by atoms with van der Waals surface area (Å²) >= 11 is 0. The van der Waals surface area contributed by atoms with Crippen molar-refractivity contribution in [3.63, 3.8) is 0 Å². The van der Waals surface area contributed by atoms with Gasteiger partial charge in [0.1, 0.15) is 18.1 Å². The summed E-state index contributed by atoms with van der Waals surface area (Å²) in [6.07, 6.45) is 3.08. The number of hydrogen-bond donors (Lipinski definition) is 1. The molecule has 0 atom stereocenters. The Morgan fingerprint density at radius 3 is 2.73 bits per heavy atom. The molecular weight excluding hydrogens is 412 g/mol. The fourth-order valence-corrected chi connectivity index (χ4v) is 4.86. The van der Waals surface area contributed by atoms with E-state index < -0.39 is 0 Å². The highest BCUT2D eigenvalue weighted by Gasteiger charge is 2.22. The van der Waals surface area contributed by atoms with Gasteiger partial charge < -0.3 is 14.8 Å². The number of fused-ring (bicyclic) bond motifs is 1. The van der Waals surface area contributed by atoms with Crippen LogP contribution in [0.1, 0.15) is 49.4 Å². The lowest BCUT2D eigenvalue weighted by Crippen LogP contribution is -2.48. The van der Waals surface area contributed by atoms with Crippen LogP contribution in [-0.4, -0.2) is 44.1 Å². The summed E-state index contributed by atoms with van der Waals surface area (Å²) in [5, 5.41) is 2.90. The van der Waals surface area contributed by atoms with E-state index in [9.17, 15) is 4.79 Å². The predicted molar refractivity (Wildman–Crippen MR) is 133 cm³/mol. The lowest BCUT2D eigenvalue weighted by molar-refractivity contribution is -0.123. The Labute approximate surface area is 197 Å². The Hall–Kier alpha value is -2.79. The number of rotatable bonds is 8. The number of nitrogens with one attached hydrogen (secondary N) is 1.